The van der Waals surface area contributed by atoms with Crippen LogP contribution in [0.1, 0.15) is 22.8 Å². The molecule has 1 heterocycles. The minimum Gasteiger partial charge on any atom is -0.472 e. The number of Topliss-reactive ketones (excluding diaryl/α,β-unsaturated/α-hetero) is 1. The van der Waals surface area contributed by atoms with Crippen molar-refractivity contribution < 1.29 is 9.21 Å². The van der Waals surface area contributed by atoms with E-state index in [1.54, 1.807) is 19.5 Å². The molecule has 76 valence electrons. The SMILES string of the molecule is CC(=O)c1ccccc1-c1cocc1C. The fourth-order valence-electron chi connectivity index (χ4n) is 1.66. The largest absolute Gasteiger partial charge is 0.472 e. The Labute approximate surface area is 88.5 Å². The van der Waals surface area contributed by atoms with E-state index in [9.17, 15) is 4.79 Å². The van der Waals surface area contributed by atoms with E-state index < -0.39 is 0 Å². The summed E-state index contributed by atoms with van der Waals surface area (Å²) in [6, 6.07) is 7.57. The Bertz CT molecular complexity index is 495. The Kier molecular flexibility index (Phi) is 2.42. The average Bonchev–Trinajstić information content (AvgIpc) is 2.64. The van der Waals surface area contributed by atoms with Crippen LogP contribution in [0.2, 0.25) is 0 Å². The van der Waals surface area contributed by atoms with E-state index in [4.69, 9.17) is 4.42 Å². The van der Waals surface area contributed by atoms with Gasteiger partial charge in [0.05, 0.1) is 12.5 Å². The van der Waals surface area contributed by atoms with Crippen molar-refractivity contribution in [3.05, 3.63) is 47.9 Å². The van der Waals surface area contributed by atoms with Crippen LogP contribution in [-0.2, 0) is 0 Å². The molecule has 2 nitrogen and oxygen atoms in total. The molecule has 0 saturated carbocycles. The Balaban J connectivity index is 2.63. The fourth-order valence-corrected chi connectivity index (χ4v) is 1.66. The molecule has 0 radical (unpaired) electrons. The second-order valence-electron chi connectivity index (χ2n) is 3.57. The van der Waals surface area contributed by atoms with Gasteiger partial charge in [0, 0.05) is 11.1 Å². The molecule has 2 heteroatoms. The zero-order valence-corrected chi connectivity index (χ0v) is 8.78. The third-order valence-electron chi connectivity index (χ3n) is 2.45. The van der Waals surface area contributed by atoms with Crippen molar-refractivity contribution in [1.82, 2.24) is 0 Å². The van der Waals surface area contributed by atoms with E-state index in [0.717, 1.165) is 22.3 Å². The summed E-state index contributed by atoms with van der Waals surface area (Å²) >= 11 is 0. The van der Waals surface area contributed by atoms with Crippen LogP contribution in [0.15, 0.2) is 41.2 Å². The van der Waals surface area contributed by atoms with Gasteiger partial charge in [-0.05, 0) is 25.0 Å². The van der Waals surface area contributed by atoms with Gasteiger partial charge in [-0.2, -0.15) is 0 Å². The van der Waals surface area contributed by atoms with Crippen molar-refractivity contribution in [2.45, 2.75) is 13.8 Å². The Morgan fingerprint density at radius 2 is 1.87 bits per heavy atom. The van der Waals surface area contributed by atoms with E-state index in [-0.39, 0.29) is 5.78 Å². The first kappa shape index (κ1) is 9.71. The van der Waals surface area contributed by atoms with Crippen molar-refractivity contribution in [2.75, 3.05) is 0 Å². The molecule has 0 aliphatic rings. The van der Waals surface area contributed by atoms with E-state index in [1.807, 2.05) is 31.2 Å². The lowest BCUT2D eigenvalue weighted by Crippen LogP contribution is -1.95. The number of hydrogen-bond acceptors (Lipinski definition) is 2. The highest BCUT2D eigenvalue weighted by Crippen LogP contribution is 2.27. The predicted molar refractivity (Wildman–Crippen MR) is 58.9 cm³/mol. The van der Waals surface area contributed by atoms with Crippen molar-refractivity contribution in [3.8, 4) is 11.1 Å². The van der Waals surface area contributed by atoms with Crippen LogP contribution in [0.5, 0.6) is 0 Å². The van der Waals surface area contributed by atoms with Gasteiger partial charge in [0.15, 0.2) is 5.78 Å². The van der Waals surface area contributed by atoms with E-state index in [0.29, 0.717) is 0 Å². The smallest absolute Gasteiger partial charge is 0.160 e. The quantitative estimate of drug-likeness (QED) is 0.695. The maximum Gasteiger partial charge on any atom is 0.160 e. The molecule has 0 fully saturated rings. The first-order valence-corrected chi connectivity index (χ1v) is 4.83. The summed E-state index contributed by atoms with van der Waals surface area (Å²) in [6.07, 6.45) is 3.36. The molecule has 2 aromatic rings. The zero-order valence-electron chi connectivity index (χ0n) is 8.78. The second kappa shape index (κ2) is 3.73. The van der Waals surface area contributed by atoms with Gasteiger partial charge in [0.25, 0.3) is 0 Å². The fraction of sp³-hybridized carbons (Fsp3) is 0.154. The van der Waals surface area contributed by atoms with Crippen molar-refractivity contribution >= 4 is 5.78 Å². The van der Waals surface area contributed by atoms with Gasteiger partial charge in [0.2, 0.25) is 0 Å². The Morgan fingerprint density at radius 3 is 2.47 bits per heavy atom. The average molecular weight is 200 g/mol. The molecule has 15 heavy (non-hydrogen) atoms. The van der Waals surface area contributed by atoms with Gasteiger partial charge in [-0.15, -0.1) is 0 Å². The molecular formula is C13H12O2. The molecule has 0 amide bonds. The number of hydrogen-bond donors (Lipinski definition) is 0. The number of aryl methyl sites for hydroxylation is 1. The molecule has 0 aliphatic heterocycles. The normalized spacial score (nSPS) is 10.3. The number of rotatable bonds is 2. The second-order valence-corrected chi connectivity index (χ2v) is 3.57. The lowest BCUT2D eigenvalue weighted by molar-refractivity contribution is 0.101. The maximum atomic E-state index is 11.4. The number of carbonyl (C=O) groups is 1. The van der Waals surface area contributed by atoms with Crippen molar-refractivity contribution in [1.29, 1.82) is 0 Å². The summed E-state index contributed by atoms with van der Waals surface area (Å²) in [7, 11) is 0. The molecule has 0 unspecified atom stereocenters. The van der Waals surface area contributed by atoms with E-state index >= 15 is 0 Å². The molecule has 1 aromatic carbocycles. The Hall–Kier alpha value is -1.83. The molecule has 1 aromatic heterocycles. The van der Waals surface area contributed by atoms with Gasteiger partial charge < -0.3 is 4.42 Å². The van der Waals surface area contributed by atoms with Gasteiger partial charge >= 0.3 is 0 Å². The standard InChI is InChI=1S/C13H12O2/c1-9-7-15-8-13(9)12-6-4-3-5-11(12)10(2)14/h3-8H,1-2H3. The number of ketones is 1. The summed E-state index contributed by atoms with van der Waals surface area (Å²) in [5, 5.41) is 0. The summed E-state index contributed by atoms with van der Waals surface area (Å²) in [5.41, 5.74) is 3.71. The first-order valence-electron chi connectivity index (χ1n) is 4.83. The lowest BCUT2D eigenvalue weighted by Gasteiger charge is -2.04. The molecule has 2 rings (SSSR count). The molecule has 0 N–H and O–H groups in total. The third kappa shape index (κ3) is 1.71. The third-order valence-corrected chi connectivity index (χ3v) is 2.45. The first-order chi connectivity index (χ1) is 7.20. The molecule has 0 aliphatic carbocycles. The van der Waals surface area contributed by atoms with Gasteiger partial charge in [-0.1, -0.05) is 24.3 Å². The highest BCUT2D eigenvalue weighted by molar-refractivity contribution is 6.00. The monoisotopic (exact) mass is 200 g/mol. The van der Waals surface area contributed by atoms with Crippen LogP contribution in [-0.4, -0.2) is 5.78 Å². The van der Waals surface area contributed by atoms with E-state index in [1.165, 1.54) is 0 Å². The topological polar surface area (TPSA) is 30.2 Å². The zero-order chi connectivity index (χ0) is 10.8. The maximum absolute atomic E-state index is 11.4. The predicted octanol–water partition coefficient (Wildman–Crippen LogP) is 3.46. The van der Waals surface area contributed by atoms with E-state index in [2.05, 4.69) is 0 Å². The van der Waals surface area contributed by atoms with Crippen LogP contribution >= 0.6 is 0 Å². The highest BCUT2D eigenvalue weighted by atomic mass is 16.3. The van der Waals surface area contributed by atoms with Crippen LogP contribution in [0.4, 0.5) is 0 Å². The number of benzene rings is 1. The Morgan fingerprint density at radius 1 is 1.13 bits per heavy atom. The number of furan rings is 1. The van der Waals surface area contributed by atoms with Crippen LogP contribution in [0.25, 0.3) is 11.1 Å². The van der Waals surface area contributed by atoms with Crippen molar-refractivity contribution in [3.63, 3.8) is 0 Å². The summed E-state index contributed by atoms with van der Waals surface area (Å²) in [4.78, 5) is 11.4. The minimum atomic E-state index is 0.0752. The lowest BCUT2D eigenvalue weighted by atomic mass is 9.97. The molecule has 0 bridgehead atoms. The van der Waals surface area contributed by atoms with Crippen LogP contribution < -0.4 is 0 Å². The minimum absolute atomic E-state index is 0.0752. The summed E-state index contributed by atoms with van der Waals surface area (Å²) in [5.74, 6) is 0.0752. The van der Waals surface area contributed by atoms with Gasteiger partial charge in [-0.25, -0.2) is 0 Å². The highest BCUT2D eigenvalue weighted by Gasteiger charge is 2.11. The summed E-state index contributed by atoms with van der Waals surface area (Å²) < 4.78 is 5.12. The van der Waals surface area contributed by atoms with Gasteiger partial charge in [0.1, 0.15) is 0 Å². The van der Waals surface area contributed by atoms with Crippen LogP contribution in [0, 0.1) is 6.92 Å². The van der Waals surface area contributed by atoms with Crippen molar-refractivity contribution in [2.24, 2.45) is 0 Å². The van der Waals surface area contributed by atoms with Gasteiger partial charge in [-0.3, -0.25) is 4.79 Å². The van der Waals surface area contributed by atoms with Crippen LogP contribution in [0.3, 0.4) is 0 Å². The molecule has 0 spiro atoms. The molecule has 0 atom stereocenters. The summed E-state index contributed by atoms with van der Waals surface area (Å²) in [6.45, 7) is 3.55. The number of carbonyl (C=O) groups excluding carboxylic acids is 1. The molecule has 0 saturated heterocycles. The molecular weight excluding hydrogens is 188 g/mol.